The van der Waals surface area contributed by atoms with Gasteiger partial charge in [-0.25, -0.2) is 20.1 Å². The number of rotatable bonds is 14. The molecule has 0 bridgehead atoms. The summed E-state index contributed by atoms with van der Waals surface area (Å²) in [5.74, 6) is 0. The number of benzene rings is 4. The molecule has 0 N–H and O–H groups in total. The summed E-state index contributed by atoms with van der Waals surface area (Å²) in [5.41, 5.74) is 1.47. The number of nitrogens with zero attached hydrogens (tertiary/aromatic N) is 2. The zero-order valence-corrected chi connectivity index (χ0v) is 32.2. The standard InChI is InChI=1S/C27H36N2P.C17H14P.Fe/c1-5-29(6-2)22-14-21-28(4)23(3)26-19-13-20-27(26)30(24-15-9-7-10-16-24)25-17-11-8-12-18-25;1-3-9-15(10-4-1)18(17-13-7-8-14-17)16-11-5-2-6-12-16;/h7-13,15-20,23H,5-6,14,21-22H2,1-4H3;1-14H;/q-1;-5;/t23-;;/m0../s1. The molecule has 0 radical (unpaired) electrons. The summed E-state index contributed by atoms with van der Waals surface area (Å²) in [6.07, 6.45) is 1.21. The summed E-state index contributed by atoms with van der Waals surface area (Å²) in [4.78, 5) is 5.03. The molecule has 0 heterocycles. The van der Waals surface area contributed by atoms with E-state index in [4.69, 9.17) is 0 Å². The Kier molecular flexibility index (Phi) is 16.2. The molecule has 6 aromatic carbocycles. The second-order valence-corrected chi connectivity index (χ2v) is 16.5. The van der Waals surface area contributed by atoms with Crippen LogP contribution in [0.15, 0.2) is 164 Å². The van der Waals surface area contributed by atoms with Gasteiger partial charge in [-0.15, -0.1) is 10.9 Å². The molecule has 0 aliphatic rings. The van der Waals surface area contributed by atoms with E-state index < -0.39 is 15.8 Å². The molecule has 0 spiro atoms. The van der Waals surface area contributed by atoms with Crippen LogP contribution in [-0.2, 0) is 17.1 Å². The van der Waals surface area contributed by atoms with Crippen molar-refractivity contribution in [1.82, 2.24) is 9.80 Å². The minimum absolute atomic E-state index is 0. The van der Waals surface area contributed by atoms with Gasteiger partial charge in [-0.3, -0.25) is 0 Å². The minimum atomic E-state index is -0.550. The zero-order chi connectivity index (χ0) is 33.6. The maximum absolute atomic E-state index is 2.52. The molecule has 0 aromatic heterocycles. The topological polar surface area (TPSA) is 6.48 Å². The van der Waals surface area contributed by atoms with Crippen molar-refractivity contribution < 1.29 is 17.1 Å². The molecular formula is C44H50FeN2P2-6. The molecule has 5 heteroatoms. The van der Waals surface area contributed by atoms with Crippen molar-refractivity contribution in [2.45, 2.75) is 33.2 Å². The fraction of sp³-hybridized carbons (Fsp3) is 0.227. The number of hydrogen-bond acceptors (Lipinski definition) is 2. The van der Waals surface area contributed by atoms with Crippen LogP contribution in [0.1, 0.15) is 38.8 Å². The summed E-state index contributed by atoms with van der Waals surface area (Å²) < 4.78 is 0. The predicted octanol–water partition coefficient (Wildman–Crippen LogP) is 8.05. The van der Waals surface area contributed by atoms with Crippen LogP contribution >= 0.6 is 15.8 Å². The van der Waals surface area contributed by atoms with Gasteiger partial charge in [-0.2, -0.15) is 6.07 Å². The summed E-state index contributed by atoms with van der Waals surface area (Å²) in [6.45, 7) is 11.4. The van der Waals surface area contributed by atoms with Crippen LogP contribution in [0.2, 0.25) is 0 Å². The first-order chi connectivity index (χ1) is 23.6. The molecule has 0 fully saturated rings. The van der Waals surface area contributed by atoms with Gasteiger partial charge in [-0.05, 0) is 64.2 Å². The third kappa shape index (κ3) is 10.7. The average Bonchev–Trinajstić information content (AvgIpc) is 3.86. The van der Waals surface area contributed by atoms with Crippen LogP contribution in [0.25, 0.3) is 0 Å². The smallest absolute Gasteiger partial charge is 0 e. The van der Waals surface area contributed by atoms with E-state index in [1.54, 1.807) is 0 Å². The summed E-state index contributed by atoms with van der Waals surface area (Å²) in [5, 5.41) is 8.56. The molecule has 0 aliphatic carbocycles. The Morgan fingerprint density at radius 1 is 0.612 bits per heavy atom. The van der Waals surface area contributed by atoms with E-state index in [-0.39, 0.29) is 17.1 Å². The summed E-state index contributed by atoms with van der Waals surface area (Å²) in [6, 6.07) is 59.6. The molecule has 0 unspecified atom stereocenters. The van der Waals surface area contributed by atoms with Gasteiger partial charge in [0, 0.05) is 17.1 Å². The second kappa shape index (κ2) is 20.5. The molecule has 49 heavy (non-hydrogen) atoms. The Morgan fingerprint density at radius 3 is 1.51 bits per heavy atom. The molecule has 0 saturated heterocycles. The normalized spacial score (nSPS) is 11.8. The maximum Gasteiger partial charge on any atom is 0 e. The monoisotopic (exact) mass is 724 g/mol. The van der Waals surface area contributed by atoms with Gasteiger partial charge < -0.3 is 39.4 Å². The first-order valence-corrected chi connectivity index (χ1v) is 20.0. The summed E-state index contributed by atoms with van der Waals surface area (Å²) in [7, 11) is 1.32. The summed E-state index contributed by atoms with van der Waals surface area (Å²) >= 11 is 0. The van der Waals surface area contributed by atoms with E-state index in [0.29, 0.717) is 6.04 Å². The molecule has 6 aromatic rings. The van der Waals surface area contributed by atoms with E-state index in [2.05, 4.69) is 201 Å². The third-order valence-corrected chi connectivity index (χ3v) is 14.0. The third-order valence-electron chi connectivity index (χ3n) is 9.02. The van der Waals surface area contributed by atoms with Crippen LogP contribution in [0, 0.1) is 0 Å². The average molecular weight is 725 g/mol. The quantitative estimate of drug-likeness (QED) is 0.0638. The van der Waals surface area contributed by atoms with Crippen LogP contribution in [0.3, 0.4) is 0 Å². The van der Waals surface area contributed by atoms with E-state index in [1.807, 2.05) is 0 Å². The Hall–Kier alpha value is -3.12. The second-order valence-electron chi connectivity index (χ2n) is 12.1. The van der Waals surface area contributed by atoms with E-state index in [9.17, 15) is 0 Å². The molecule has 1 atom stereocenters. The van der Waals surface area contributed by atoms with Crippen LogP contribution < -0.4 is 31.8 Å². The van der Waals surface area contributed by atoms with E-state index in [0.717, 1.165) is 19.6 Å². The van der Waals surface area contributed by atoms with Gasteiger partial charge >= 0.3 is 0 Å². The Labute approximate surface area is 308 Å². The van der Waals surface area contributed by atoms with Crippen LogP contribution in [0.4, 0.5) is 0 Å². The first-order valence-electron chi connectivity index (χ1n) is 17.3. The predicted molar refractivity (Wildman–Crippen MR) is 215 cm³/mol. The van der Waals surface area contributed by atoms with E-state index >= 15 is 0 Å². The zero-order valence-electron chi connectivity index (χ0n) is 29.3. The number of hydrogen-bond donors (Lipinski definition) is 0. The molecule has 6 rings (SSSR count). The molecule has 260 valence electrons. The van der Waals surface area contributed by atoms with Gasteiger partial charge in [0.1, 0.15) is 0 Å². The fourth-order valence-electron chi connectivity index (χ4n) is 6.19. The first kappa shape index (κ1) is 38.7. The molecule has 0 aliphatic heterocycles. The van der Waals surface area contributed by atoms with Crippen LogP contribution in [0.5, 0.6) is 0 Å². The van der Waals surface area contributed by atoms with Crippen LogP contribution in [-0.4, -0.2) is 43.0 Å². The van der Waals surface area contributed by atoms with Gasteiger partial charge in [0.15, 0.2) is 0 Å². The van der Waals surface area contributed by atoms with Crippen molar-refractivity contribution >= 4 is 47.7 Å². The van der Waals surface area contributed by atoms with Gasteiger partial charge in [0.2, 0.25) is 0 Å². The largest absolute Gasteiger partial charge is 0.747 e. The van der Waals surface area contributed by atoms with Gasteiger partial charge in [-0.1, -0.05) is 153 Å². The van der Waals surface area contributed by atoms with Crippen molar-refractivity contribution in [3.63, 3.8) is 0 Å². The maximum atomic E-state index is 2.52. The molecular weight excluding hydrogens is 674 g/mol. The van der Waals surface area contributed by atoms with Gasteiger partial charge in [0.25, 0.3) is 0 Å². The minimum Gasteiger partial charge on any atom is -0.747 e. The SMILES string of the molecule is CCN(CC)CCCN(C)[C@@H](C)[c-]1cccc1P(c1ccccc1)c1ccccc1.[Fe].c1ccc(P(c2ccccc2)[c-]2[cH-][cH-][cH-][cH-]2)cc1. The molecule has 2 nitrogen and oxygen atoms in total. The van der Waals surface area contributed by atoms with Crippen molar-refractivity contribution in [3.05, 3.63) is 169 Å². The molecule has 0 amide bonds. The fourth-order valence-corrected chi connectivity index (χ4v) is 11.0. The van der Waals surface area contributed by atoms with Gasteiger partial charge in [0.05, 0.1) is 0 Å². The van der Waals surface area contributed by atoms with Crippen molar-refractivity contribution in [3.8, 4) is 0 Å². The van der Waals surface area contributed by atoms with Crippen molar-refractivity contribution in [2.75, 3.05) is 33.2 Å². The Balaban J connectivity index is 0.000000242. The Morgan fingerprint density at radius 2 is 1.06 bits per heavy atom. The Bertz CT molecular complexity index is 1620. The van der Waals surface area contributed by atoms with E-state index in [1.165, 1.54) is 50.4 Å². The van der Waals surface area contributed by atoms with Crippen molar-refractivity contribution in [2.24, 2.45) is 0 Å². The van der Waals surface area contributed by atoms with Crippen molar-refractivity contribution in [1.29, 1.82) is 0 Å². The molecule has 0 saturated carbocycles.